The fourth-order valence-electron chi connectivity index (χ4n) is 1.68. The summed E-state index contributed by atoms with van der Waals surface area (Å²) in [5, 5.41) is 0. The van der Waals surface area contributed by atoms with Gasteiger partial charge in [-0.2, -0.15) is 0 Å². The van der Waals surface area contributed by atoms with Crippen LogP contribution in [0.1, 0.15) is 72.1 Å². The van der Waals surface area contributed by atoms with Crippen LogP contribution in [0.25, 0.3) is 0 Å². The molecule has 0 bridgehead atoms. The lowest BCUT2D eigenvalue weighted by molar-refractivity contribution is 0.309. The van der Waals surface area contributed by atoms with Crippen LogP contribution in [-0.2, 0) is 0 Å². The van der Waals surface area contributed by atoms with Crippen molar-refractivity contribution in [2.75, 3.05) is 13.1 Å². The van der Waals surface area contributed by atoms with Crippen molar-refractivity contribution in [3.63, 3.8) is 0 Å². The first kappa shape index (κ1) is 15.0. The van der Waals surface area contributed by atoms with Crippen LogP contribution in [-0.4, -0.2) is 18.0 Å². The minimum atomic E-state index is 1.27. The van der Waals surface area contributed by atoms with Gasteiger partial charge in [-0.15, -0.1) is 0 Å². The van der Waals surface area contributed by atoms with Crippen molar-refractivity contribution in [1.29, 1.82) is 0 Å². The Morgan fingerprint density at radius 3 is 1.73 bits per heavy atom. The highest BCUT2D eigenvalue weighted by Gasteiger charge is 2.03. The zero-order valence-electron chi connectivity index (χ0n) is 11.1. The second-order valence-corrected chi connectivity index (χ2v) is 4.42. The molecule has 0 saturated carbocycles. The Balaban J connectivity index is 3.49. The van der Waals surface area contributed by atoms with E-state index < -0.39 is 0 Å². The number of hydrogen-bond donors (Lipinski definition) is 0. The van der Waals surface area contributed by atoms with Crippen molar-refractivity contribution in [2.45, 2.75) is 72.1 Å². The number of rotatable bonds is 11. The zero-order valence-corrected chi connectivity index (χ0v) is 11.1. The molecule has 0 aromatic rings. The average Bonchev–Trinajstić information content (AvgIpc) is 2.27. The standard InChI is InChI=1S/C14H30N/c1-4-7-10-11-14-15(12-8-5-2)13-9-6-3/h14H,4-13H2,1-3H3. The fraction of sp³-hybridized carbons (Fsp3) is 0.929. The maximum atomic E-state index is 2.54. The first-order valence-corrected chi connectivity index (χ1v) is 6.92. The van der Waals surface area contributed by atoms with Gasteiger partial charge in [0.25, 0.3) is 0 Å². The van der Waals surface area contributed by atoms with Gasteiger partial charge in [0.2, 0.25) is 0 Å². The molecule has 1 heteroatoms. The van der Waals surface area contributed by atoms with Gasteiger partial charge in [0.1, 0.15) is 0 Å². The Morgan fingerprint density at radius 2 is 1.27 bits per heavy atom. The van der Waals surface area contributed by atoms with Crippen LogP contribution in [0.15, 0.2) is 0 Å². The van der Waals surface area contributed by atoms with Crippen LogP contribution in [0, 0.1) is 6.54 Å². The van der Waals surface area contributed by atoms with E-state index in [0.29, 0.717) is 0 Å². The highest BCUT2D eigenvalue weighted by molar-refractivity contribution is 4.68. The van der Waals surface area contributed by atoms with Gasteiger partial charge < -0.3 is 0 Å². The monoisotopic (exact) mass is 212 g/mol. The third-order valence-electron chi connectivity index (χ3n) is 2.79. The molecule has 0 unspecified atom stereocenters. The predicted octanol–water partition coefficient (Wildman–Crippen LogP) is 4.63. The Morgan fingerprint density at radius 1 is 0.733 bits per heavy atom. The molecule has 0 heterocycles. The van der Waals surface area contributed by atoms with Crippen molar-refractivity contribution in [3.8, 4) is 0 Å². The first-order chi connectivity index (χ1) is 7.35. The Bertz CT molecular complexity index is 104. The van der Waals surface area contributed by atoms with Crippen molar-refractivity contribution in [2.24, 2.45) is 0 Å². The van der Waals surface area contributed by atoms with Crippen LogP contribution in [0.3, 0.4) is 0 Å². The van der Waals surface area contributed by atoms with E-state index in [0.717, 1.165) is 0 Å². The van der Waals surface area contributed by atoms with Crippen LogP contribution in [0.4, 0.5) is 0 Å². The summed E-state index contributed by atoms with van der Waals surface area (Å²) in [6, 6.07) is 0. The van der Waals surface area contributed by atoms with Crippen molar-refractivity contribution < 1.29 is 0 Å². The summed E-state index contributed by atoms with van der Waals surface area (Å²) in [6.45, 7) is 11.8. The van der Waals surface area contributed by atoms with E-state index >= 15 is 0 Å². The summed E-state index contributed by atoms with van der Waals surface area (Å²) in [4.78, 5) is 2.54. The molecular weight excluding hydrogens is 182 g/mol. The zero-order chi connectivity index (χ0) is 11.4. The second kappa shape index (κ2) is 12.0. The lowest BCUT2D eigenvalue weighted by Crippen LogP contribution is -2.23. The van der Waals surface area contributed by atoms with Crippen LogP contribution >= 0.6 is 0 Å². The molecule has 0 aliphatic carbocycles. The number of nitrogens with zero attached hydrogens (tertiary/aromatic N) is 1. The van der Waals surface area contributed by atoms with E-state index in [4.69, 9.17) is 0 Å². The van der Waals surface area contributed by atoms with E-state index in [1.165, 1.54) is 64.5 Å². The molecule has 0 aliphatic rings. The summed E-state index contributed by atoms with van der Waals surface area (Å²) < 4.78 is 0. The molecule has 0 amide bonds. The van der Waals surface area contributed by atoms with Crippen molar-refractivity contribution in [1.82, 2.24) is 4.90 Å². The topological polar surface area (TPSA) is 3.24 Å². The third kappa shape index (κ3) is 10.2. The van der Waals surface area contributed by atoms with Crippen LogP contribution in [0.2, 0.25) is 0 Å². The van der Waals surface area contributed by atoms with Gasteiger partial charge in [0.05, 0.1) is 0 Å². The number of unbranched alkanes of at least 4 members (excludes halogenated alkanes) is 5. The molecule has 1 nitrogen and oxygen atoms in total. The summed E-state index contributed by atoms with van der Waals surface area (Å²) >= 11 is 0. The van der Waals surface area contributed by atoms with E-state index in [1.54, 1.807) is 0 Å². The lowest BCUT2D eigenvalue weighted by Gasteiger charge is -2.21. The molecular formula is C14H30N. The van der Waals surface area contributed by atoms with Gasteiger partial charge in [-0.1, -0.05) is 52.9 Å². The van der Waals surface area contributed by atoms with Gasteiger partial charge in [-0.3, -0.25) is 4.90 Å². The summed E-state index contributed by atoms with van der Waals surface area (Å²) in [7, 11) is 0. The van der Waals surface area contributed by atoms with E-state index in [2.05, 4.69) is 32.2 Å². The summed E-state index contributed by atoms with van der Waals surface area (Å²) in [5.74, 6) is 0. The van der Waals surface area contributed by atoms with Gasteiger partial charge in [0, 0.05) is 6.54 Å². The Kier molecular flexibility index (Phi) is 12.0. The maximum absolute atomic E-state index is 2.54. The van der Waals surface area contributed by atoms with Gasteiger partial charge >= 0.3 is 0 Å². The lowest BCUT2D eigenvalue weighted by atomic mass is 10.2. The van der Waals surface area contributed by atoms with Crippen LogP contribution in [0.5, 0.6) is 0 Å². The SMILES string of the molecule is CCCCC[CH]N(CCCC)CCCC. The molecule has 0 rings (SSSR count). The summed E-state index contributed by atoms with van der Waals surface area (Å²) in [6.07, 6.45) is 10.7. The average molecular weight is 212 g/mol. The summed E-state index contributed by atoms with van der Waals surface area (Å²) in [5.41, 5.74) is 0. The van der Waals surface area contributed by atoms with Gasteiger partial charge in [-0.05, 0) is 32.4 Å². The fourth-order valence-corrected chi connectivity index (χ4v) is 1.68. The van der Waals surface area contributed by atoms with E-state index in [1.807, 2.05) is 0 Å². The van der Waals surface area contributed by atoms with Crippen LogP contribution < -0.4 is 0 Å². The largest absolute Gasteiger partial charge is 0.299 e. The van der Waals surface area contributed by atoms with Crippen molar-refractivity contribution in [3.05, 3.63) is 6.54 Å². The molecule has 1 radical (unpaired) electrons. The minimum absolute atomic E-state index is 1.27. The van der Waals surface area contributed by atoms with Gasteiger partial charge in [0.15, 0.2) is 0 Å². The highest BCUT2D eigenvalue weighted by atomic mass is 15.1. The predicted molar refractivity (Wildman–Crippen MR) is 69.8 cm³/mol. The molecule has 15 heavy (non-hydrogen) atoms. The molecule has 91 valence electrons. The molecule has 0 N–H and O–H groups in total. The third-order valence-corrected chi connectivity index (χ3v) is 2.79. The molecule has 0 atom stereocenters. The molecule has 0 aromatic heterocycles. The van der Waals surface area contributed by atoms with E-state index in [9.17, 15) is 0 Å². The molecule has 0 fully saturated rings. The first-order valence-electron chi connectivity index (χ1n) is 6.92. The Labute approximate surface area is 97.2 Å². The Hall–Kier alpha value is -0.0400. The van der Waals surface area contributed by atoms with Gasteiger partial charge in [-0.25, -0.2) is 0 Å². The maximum Gasteiger partial charge on any atom is 0.0251 e. The minimum Gasteiger partial charge on any atom is -0.299 e. The smallest absolute Gasteiger partial charge is 0.0251 e. The highest BCUT2D eigenvalue weighted by Crippen LogP contribution is 2.08. The second-order valence-electron chi connectivity index (χ2n) is 4.42. The molecule has 0 aliphatic heterocycles. The molecule has 0 saturated heterocycles. The van der Waals surface area contributed by atoms with E-state index in [-0.39, 0.29) is 0 Å². The molecule has 0 spiro atoms. The van der Waals surface area contributed by atoms with Crippen molar-refractivity contribution >= 4 is 0 Å². The quantitative estimate of drug-likeness (QED) is 0.451. The normalized spacial score (nSPS) is 11.2. The number of hydrogen-bond acceptors (Lipinski definition) is 1. The molecule has 0 aromatic carbocycles.